The van der Waals surface area contributed by atoms with Gasteiger partial charge >= 0.3 is 5.97 Å². The Hall–Kier alpha value is -1.66. The van der Waals surface area contributed by atoms with E-state index in [1.807, 2.05) is 6.92 Å². The third kappa shape index (κ3) is 3.33. The lowest BCUT2D eigenvalue weighted by Crippen LogP contribution is -2.53. The third-order valence-corrected chi connectivity index (χ3v) is 4.66. The van der Waals surface area contributed by atoms with Gasteiger partial charge in [-0.25, -0.2) is 4.39 Å². The maximum Gasteiger partial charge on any atom is 0.323 e. The molecule has 2 saturated heterocycles. The topological polar surface area (TPSA) is 49.9 Å². The van der Waals surface area contributed by atoms with Gasteiger partial charge in [0.2, 0.25) is 0 Å². The molecule has 0 N–H and O–H groups in total. The van der Waals surface area contributed by atoms with Crippen molar-refractivity contribution >= 4 is 23.5 Å². The van der Waals surface area contributed by atoms with Crippen LogP contribution >= 0.6 is 11.6 Å². The van der Waals surface area contributed by atoms with E-state index in [-0.39, 0.29) is 29.0 Å². The number of nitrogens with zero attached hydrogens (tertiary/aromatic N) is 2. The third-order valence-electron chi connectivity index (χ3n) is 4.35. The summed E-state index contributed by atoms with van der Waals surface area (Å²) in [6.07, 6.45) is 0.640. The first-order valence-electron chi connectivity index (χ1n) is 7.64. The molecule has 2 atom stereocenters. The van der Waals surface area contributed by atoms with Gasteiger partial charge in [-0.05, 0) is 25.1 Å². The minimum atomic E-state index is -0.467. The van der Waals surface area contributed by atoms with Crippen LogP contribution in [0.5, 0.6) is 0 Å². The van der Waals surface area contributed by atoms with Crippen molar-refractivity contribution in [2.75, 3.05) is 26.2 Å². The van der Waals surface area contributed by atoms with Crippen LogP contribution in [-0.2, 0) is 9.53 Å². The van der Waals surface area contributed by atoms with Crippen LogP contribution in [0.25, 0.3) is 0 Å². The monoisotopic (exact) mass is 340 g/mol. The Bertz CT molecular complexity index is 632. The molecule has 1 aromatic carbocycles. The van der Waals surface area contributed by atoms with Crippen LogP contribution in [0, 0.1) is 5.82 Å². The summed E-state index contributed by atoms with van der Waals surface area (Å²) in [6.45, 7) is 4.11. The molecule has 0 radical (unpaired) electrons. The van der Waals surface area contributed by atoms with Crippen LogP contribution in [0.15, 0.2) is 18.2 Å². The molecular weight excluding hydrogens is 323 g/mol. The Morgan fingerprint density at radius 3 is 2.57 bits per heavy atom. The number of rotatable bonds is 2. The highest BCUT2D eigenvalue weighted by molar-refractivity contribution is 6.33. The van der Waals surface area contributed by atoms with E-state index in [4.69, 9.17) is 16.3 Å². The molecule has 2 heterocycles. The molecule has 0 bridgehead atoms. The number of carbonyl (C=O) groups is 2. The predicted molar refractivity (Wildman–Crippen MR) is 82.8 cm³/mol. The van der Waals surface area contributed by atoms with E-state index in [2.05, 4.69) is 4.90 Å². The fourth-order valence-electron chi connectivity index (χ4n) is 3.10. The van der Waals surface area contributed by atoms with E-state index in [9.17, 15) is 14.0 Å². The molecule has 5 nitrogen and oxygen atoms in total. The van der Waals surface area contributed by atoms with Crippen molar-refractivity contribution in [3.8, 4) is 0 Å². The van der Waals surface area contributed by atoms with Gasteiger partial charge in [-0.1, -0.05) is 11.6 Å². The number of halogens is 2. The molecule has 2 aliphatic heterocycles. The number of hydrogen-bond donors (Lipinski definition) is 0. The summed E-state index contributed by atoms with van der Waals surface area (Å²) < 4.78 is 18.3. The Balaban J connectivity index is 1.62. The smallest absolute Gasteiger partial charge is 0.323 e. The van der Waals surface area contributed by atoms with Crippen LogP contribution < -0.4 is 0 Å². The van der Waals surface area contributed by atoms with Crippen LogP contribution in [0.2, 0.25) is 5.02 Å². The number of hydrogen-bond acceptors (Lipinski definition) is 4. The molecule has 0 aliphatic carbocycles. The summed E-state index contributed by atoms with van der Waals surface area (Å²) in [5, 5.41) is 0.116. The lowest BCUT2D eigenvalue weighted by atomic mass is 10.1. The molecule has 0 spiro atoms. The van der Waals surface area contributed by atoms with E-state index in [0.717, 1.165) is 6.07 Å². The van der Waals surface area contributed by atoms with Gasteiger partial charge in [0.05, 0.1) is 10.6 Å². The van der Waals surface area contributed by atoms with Gasteiger partial charge in [-0.15, -0.1) is 0 Å². The van der Waals surface area contributed by atoms with E-state index >= 15 is 0 Å². The first kappa shape index (κ1) is 16.2. The minimum absolute atomic E-state index is 0.0508. The second-order valence-corrected chi connectivity index (χ2v) is 6.36. The zero-order valence-corrected chi connectivity index (χ0v) is 13.6. The van der Waals surface area contributed by atoms with Gasteiger partial charge in [-0.3, -0.25) is 14.5 Å². The van der Waals surface area contributed by atoms with Crippen LogP contribution in [-0.4, -0.2) is 60.0 Å². The second kappa shape index (κ2) is 6.45. The maximum atomic E-state index is 13.1. The first-order valence-corrected chi connectivity index (χ1v) is 8.02. The van der Waals surface area contributed by atoms with E-state index in [1.165, 1.54) is 12.1 Å². The Morgan fingerprint density at radius 2 is 2.00 bits per heavy atom. The lowest BCUT2D eigenvalue weighted by Gasteiger charge is -2.36. The molecular formula is C16H18ClFN2O3. The summed E-state index contributed by atoms with van der Waals surface area (Å²) in [4.78, 5) is 28.0. The number of amides is 1. The largest absolute Gasteiger partial charge is 0.461 e. The fraction of sp³-hybridized carbons (Fsp3) is 0.500. The molecule has 124 valence electrons. The normalized spacial score (nSPS) is 25.5. The summed E-state index contributed by atoms with van der Waals surface area (Å²) in [7, 11) is 0. The summed E-state index contributed by atoms with van der Waals surface area (Å²) in [6, 6.07) is 3.56. The average molecular weight is 341 g/mol. The first-order chi connectivity index (χ1) is 11.0. The number of cyclic esters (lactones) is 1. The Labute approximate surface area is 138 Å². The molecule has 0 unspecified atom stereocenters. The highest BCUT2D eigenvalue weighted by atomic mass is 35.5. The van der Waals surface area contributed by atoms with Crippen LogP contribution in [0.4, 0.5) is 4.39 Å². The van der Waals surface area contributed by atoms with Gasteiger partial charge in [0, 0.05) is 32.6 Å². The van der Waals surface area contributed by atoms with Crippen LogP contribution in [0.1, 0.15) is 23.7 Å². The van der Waals surface area contributed by atoms with Gasteiger partial charge in [0.15, 0.2) is 0 Å². The van der Waals surface area contributed by atoms with Crippen molar-refractivity contribution in [3.63, 3.8) is 0 Å². The van der Waals surface area contributed by atoms with Crippen molar-refractivity contribution in [2.24, 2.45) is 0 Å². The quantitative estimate of drug-likeness (QED) is 0.772. The second-order valence-electron chi connectivity index (χ2n) is 5.95. The Morgan fingerprint density at radius 1 is 1.30 bits per heavy atom. The number of esters is 1. The molecule has 7 heteroatoms. The maximum absolute atomic E-state index is 13.1. The lowest BCUT2D eigenvalue weighted by molar-refractivity contribution is -0.145. The standard InChI is InChI=1S/C16H18ClFN2O3/c1-10-8-14(16(22)23-10)19-4-6-20(7-5-19)15(21)12-3-2-11(18)9-13(12)17/h2-3,9-10,14H,4-8H2,1H3/t10-,14+/m0/s1. The SMILES string of the molecule is C[C@H]1C[C@@H](N2CCN(C(=O)c3ccc(F)cc3Cl)CC2)C(=O)O1. The van der Waals surface area contributed by atoms with E-state index in [0.29, 0.717) is 38.2 Å². The van der Waals surface area contributed by atoms with Gasteiger partial charge < -0.3 is 9.64 Å². The van der Waals surface area contributed by atoms with E-state index in [1.54, 1.807) is 4.90 Å². The minimum Gasteiger partial charge on any atom is -0.461 e. The van der Waals surface area contributed by atoms with Crippen molar-refractivity contribution in [3.05, 3.63) is 34.6 Å². The molecule has 1 amide bonds. The molecule has 1 aromatic rings. The number of piperazine rings is 1. The number of carbonyl (C=O) groups excluding carboxylic acids is 2. The van der Waals surface area contributed by atoms with Gasteiger partial charge in [0.25, 0.3) is 5.91 Å². The van der Waals surface area contributed by atoms with Gasteiger partial charge in [0.1, 0.15) is 18.0 Å². The van der Waals surface area contributed by atoms with Crippen molar-refractivity contribution in [1.29, 1.82) is 0 Å². The van der Waals surface area contributed by atoms with Crippen molar-refractivity contribution in [1.82, 2.24) is 9.80 Å². The number of ether oxygens (including phenoxy) is 1. The van der Waals surface area contributed by atoms with Crippen molar-refractivity contribution in [2.45, 2.75) is 25.5 Å². The summed E-state index contributed by atoms with van der Waals surface area (Å²) >= 11 is 5.95. The summed E-state index contributed by atoms with van der Waals surface area (Å²) in [5.74, 6) is -0.860. The van der Waals surface area contributed by atoms with Crippen molar-refractivity contribution < 1.29 is 18.7 Å². The molecule has 2 aliphatic rings. The average Bonchev–Trinajstić information content (AvgIpc) is 2.85. The molecule has 0 aromatic heterocycles. The molecule has 23 heavy (non-hydrogen) atoms. The highest BCUT2D eigenvalue weighted by Crippen LogP contribution is 2.23. The zero-order valence-electron chi connectivity index (χ0n) is 12.8. The van der Waals surface area contributed by atoms with Crippen LogP contribution in [0.3, 0.4) is 0 Å². The highest BCUT2D eigenvalue weighted by Gasteiger charge is 2.38. The molecule has 3 rings (SSSR count). The number of benzene rings is 1. The fourth-order valence-corrected chi connectivity index (χ4v) is 3.35. The predicted octanol–water partition coefficient (Wildman–Crippen LogP) is 1.94. The van der Waals surface area contributed by atoms with E-state index < -0.39 is 5.82 Å². The zero-order chi connectivity index (χ0) is 16.6. The Kier molecular flexibility index (Phi) is 4.55. The summed E-state index contributed by atoms with van der Waals surface area (Å²) in [5.41, 5.74) is 0.301. The van der Waals surface area contributed by atoms with Gasteiger partial charge in [-0.2, -0.15) is 0 Å². The molecule has 2 fully saturated rings. The molecule has 0 saturated carbocycles.